The van der Waals surface area contributed by atoms with Gasteiger partial charge in [0.25, 0.3) is 0 Å². The highest BCUT2D eigenvalue weighted by Crippen LogP contribution is 2.36. The van der Waals surface area contributed by atoms with E-state index < -0.39 is 6.09 Å². The molecule has 6 nitrogen and oxygen atoms in total. The maximum Gasteiger partial charge on any atom is 0.411 e. The molecule has 0 atom stereocenters. The van der Waals surface area contributed by atoms with Gasteiger partial charge in [-0.25, -0.2) is 4.79 Å². The summed E-state index contributed by atoms with van der Waals surface area (Å²) in [4.78, 5) is 11.5. The van der Waals surface area contributed by atoms with Crippen LogP contribution in [0.4, 0.5) is 10.5 Å². The number of amides is 1. The minimum Gasteiger partial charge on any atom is -0.497 e. The van der Waals surface area contributed by atoms with Crippen molar-refractivity contribution < 1.29 is 14.3 Å². The van der Waals surface area contributed by atoms with Crippen molar-refractivity contribution in [3.63, 3.8) is 0 Å². The third-order valence-electron chi connectivity index (χ3n) is 4.27. The number of ether oxygens (including phenoxy) is 2. The zero-order chi connectivity index (χ0) is 18.7. The van der Waals surface area contributed by atoms with Crippen LogP contribution >= 0.6 is 0 Å². The molecule has 0 saturated heterocycles. The molecule has 1 heterocycles. The molecular formula is C20H19N3O3. The van der Waals surface area contributed by atoms with E-state index in [4.69, 9.17) is 4.74 Å². The number of nitrogens with one attached hydrogen (secondary N) is 1. The van der Waals surface area contributed by atoms with Crippen LogP contribution in [0.3, 0.4) is 0 Å². The summed E-state index contributed by atoms with van der Waals surface area (Å²) in [6.45, 7) is 2.72. The Labute approximate surface area is 151 Å². The molecule has 0 aliphatic carbocycles. The second kappa shape index (κ2) is 7.19. The first-order valence-corrected chi connectivity index (χ1v) is 8.18. The standard InChI is InChI=1S/C20H19N3O3/c1-4-23-18-11-15(25-2)8-9-16(18)17(12-21)19(23)13-6-5-7-14(10-13)22-20(24)26-3/h5-11H,4H2,1-3H3,(H,22,24). The van der Waals surface area contributed by atoms with Gasteiger partial charge in [-0.1, -0.05) is 12.1 Å². The van der Waals surface area contributed by atoms with Gasteiger partial charge in [0, 0.05) is 29.2 Å². The van der Waals surface area contributed by atoms with Crippen molar-refractivity contribution in [2.24, 2.45) is 0 Å². The summed E-state index contributed by atoms with van der Waals surface area (Å²) in [6.07, 6.45) is -0.538. The number of carbonyl (C=O) groups excluding carboxylic acids is 1. The lowest BCUT2D eigenvalue weighted by Crippen LogP contribution is -2.10. The summed E-state index contributed by atoms with van der Waals surface area (Å²) in [6, 6.07) is 15.4. The number of hydrogen-bond acceptors (Lipinski definition) is 4. The van der Waals surface area contributed by atoms with Crippen molar-refractivity contribution in [3.05, 3.63) is 48.0 Å². The fourth-order valence-corrected chi connectivity index (χ4v) is 3.11. The van der Waals surface area contributed by atoms with Gasteiger partial charge >= 0.3 is 6.09 Å². The predicted octanol–water partition coefficient (Wildman–Crippen LogP) is 4.39. The highest BCUT2D eigenvalue weighted by molar-refractivity contribution is 5.96. The first-order valence-electron chi connectivity index (χ1n) is 8.18. The first kappa shape index (κ1) is 17.4. The second-order valence-corrected chi connectivity index (χ2v) is 5.66. The fraction of sp³-hybridized carbons (Fsp3) is 0.200. The van der Waals surface area contributed by atoms with Crippen LogP contribution in [0.1, 0.15) is 12.5 Å². The molecule has 0 radical (unpaired) electrons. The van der Waals surface area contributed by atoms with E-state index in [2.05, 4.69) is 20.7 Å². The van der Waals surface area contributed by atoms with Crippen LogP contribution in [-0.2, 0) is 11.3 Å². The number of carbonyl (C=O) groups is 1. The number of anilines is 1. The summed E-state index contributed by atoms with van der Waals surface area (Å²) in [7, 11) is 2.93. The smallest absolute Gasteiger partial charge is 0.411 e. The van der Waals surface area contributed by atoms with Crippen molar-refractivity contribution >= 4 is 22.7 Å². The minimum absolute atomic E-state index is 0.538. The largest absolute Gasteiger partial charge is 0.497 e. The van der Waals surface area contributed by atoms with Gasteiger partial charge in [0.15, 0.2) is 0 Å². The van der Waals surface area contributed by atoms with Crippen LogP contribution < -0.4 is 10.1 Å². The van der Waals surface area contributed by atoms with Gasteiger partial charge < -0.3 is 14.0 Å². The predicted molar refractivity (Wildman–Crippen MR) is 100 cm³/mol. The summed E-state index contributed by atoms with van der Waals surface area (Å²) in [5, 5.41) is 13.3. The van der Waals surface area contributed by atoms with E-state index in [1.54, 1.807) is 13.2 Å². The van der Waals surface area contributed by atoms with E-state index in [1.807, 2.05) is 43.3 Å². The molecule has 1 amide bonds. The summed E-state index contributed by atoms with van der Waals surface area (Å²) in [5.41, 5.74) is 3.78. The van der Waals surface area contributed by atoms with E-state index in [1.165, 1.54) is 7.11 Å². The fourth-order valence-electron chi connectivity index (χ4n) is 3.11. The Kier molecular flexibility index (Phi) is 4.81. The quantitative estimate of drug-likeness (QED) is 0.758. The molecule has 1 aromatic heterocycles. The van der Waals surface area contributed by atoms with Crippen molar-refractivity contribution in [1.29, 1.82) is 5.26 Å². The van der Waals surface area contributed by atoms with Crippen molar-refractivity contribution in [2.75, 3.05) is 19.5 Å². The molecule has 1 N–H and O–H groups in total. The van der Waals surface area contributed by atoms with Gasteiger partial charge in [0.05, 0.1) is 31.0 Å². The van der Waals surface area contributed by atoms with Gasteiger partial charge in [0.2, 0.25) is 0 Å². The maximum absolute atomic E-state index is 11.5. The van der Waals surface area contributed by atoms with Crippen LogP contribution in [0.2, 0.25) is 0 Å². The highest BCUT2D eigenvalue weighted by atomic mass is 16.5. The molecule has 0 bridgehead atoms. The molecule has 132 valence electrons. The lowest BCUT2D eigenvalue weighted by molar-refractivity contribution is 0.187. The van der Waals surface area contributed by atoms with Gasteiger partial charge in [-0.05, 0) is 31.2 Å². The molecule has 0 fully saturated rings. The molecular weight excluding hydrogens is 330 g/mol. The maximum atomic E-state index is 11.5. The van der Waals surface area contributed by atoms with E-state index >= 15 is 0 Å². The summed E-state index contributed by atoms with van der Waals surface area (Å²) < 4.78 is 12.0. The van der Waals surface area contributed by atoms with Crippen LogP contribution in [0.15, 0.2) is 42.5 Å². The Hall–Kier alpha value is -3.46. The number of nitriles is 1. The van der Waals surface area contributed by atoms with E-state index in [-0.39, 0.29) is 0 Å². The minimum atomic E-state index is -0.538. The van der Waals surface area contributed by atoms with E-state index in [0.29, 0.717) is 17.8 Å². The van der Waals surface area contributed by atoms with Crippen LogP contribution in [-0.4, -0.2) is 24.9 Å². The number of methoxy groups -OCH3 is 2. The molecule has 2 aromatic carbocycles. The van der Waals surface area contributed by atoms with Gasteiger partial charge in [-0.2, -0.15) is 5.26 Å². The van der Waals surface area contributed by atoms with Crippen molar-refractivity contribution in [1.82, 2.24) is 4.57 Å². The molecule has 0 saturated carbocycles. The van der Waals surface area contributed by atoms with Gasteiger partial charge in [0.1, 0.15) is 11.8 Å². The normalized spacial score (nSPS) is 10.4. The third kappa shape index (κ3) is 2.95. The number of aryl methyl sites for hydroxylation is 1. The first-order chi connectivity index (χ1) is 12.6. The number of hydrogen-bond donors (Lipinski definition) is 1. The topological polar surface area (TPSA) is 76.3 Å². The Morgan fingerprint density at radius 3 is 2.69 bits per heavy atom. The molecule has 6 heteroatoms. The molecule has 3 rings (SSSR count). The average molecular weight is 349 g/mol. The van der Waals surface area contributed by atoms with Gasteiger partial charge in [-0.15, -0.1) is 0 Å². The Balaban J connectivity index is 2.23. The lowest BCUT2D eigenvalue weighted by atomic mass is 10.1. The average Bonchev–Trinajstić information content (AvgIpc) is 3.00. The monoisotopic (exact) mass is 349 g/mol. The molecule has 3 aromatic rings. The third-order valence-corrected chi connectivity index (χ3v) is 4.27. The molecule has 0 aliphatic rings. The zero-order valence-corrected chi connectivity index (χ0v) is 14.9. The second-order valence-electron chi connectivity index (χ2n) is 5.66. The van der Waals surface area contributed by atoms with Crippen LogP contribution in [0.25, 0.3) is 22.2 Å². The molecule has 0 aliphatic heterocycles. The number of aromatic nitrogens is 1. The number of rotatable bonds is 4. The molecule has 26 heavy (non-hydrogen) atoms. The Bertz CT molecular complexity index is 1020. The number of benzene rings is 2. The zero-order valence-electron chi connectivity index (χ0n) is 14.9. The number of nitrogens with zero attached hydrogens (tertiary/aromatic N) is 2. The number of fused-ring (bicyclic) bond motifs is 1. The Morgan fingerprint density at radius 2 is 2.04 bits per heavy atom. The van der Waals surface area contributed by atoms with Crippen LogP contribution in [0, 0.1) is 11.3 Å². The Morgan fingerprint density at radius 1 is 1.23 bits per heavy atom. The molecule has 0 spiro atoms. The van der Waals surface area contributed by atoms with Crippen molar-refractivity contribution in [2.45, 2.75) is 13.5 Å². The van der Waals surface area contributed by atoms with Gasteiger partial charge in [-0.3, -0.25) is 5.32 Å². The highest BCUT2D eigenvalue weighted by Gasteiger charge is 2.19. The van der Waals surface area contributed by atoms with E-state index in [0.717, 1.165) is 27.9 Å². The van der Waals surface area contributed by atoms with Crippen molar-refractivity contribution in [3.8, 4) is 23.1 Å². The molecule has 0 unspecified atom stereocenters. The SMILES string of the molecule is CCn1c(-c2cccc(NC(=O)OC)c2)c(C#N)c2ccc(OC)cc21. The van der Waals surface area contributed by atoms with Crippen LogP contribution in [0.5, 0.6) is 5.75 Å². The van der Waals surface area contributed by atoms with E-state index in [9.17, 15) is 10.1 Å². The lowest BCUT2D eigenvalue weighted by Gasteiger charge is -2.11. The summed E-state index contributed by atoms with van der Waals surface area (Å²) >= 11 is 0. The summed E-state index contributed by atoms with van der Waals surface area (Å²) in [5.74, 6) is 0.738.